The second kappa shape index (κ2) is 11.2. The van der Waals surface area contributed by atoms with Gasteiger partial charge in [-0.05, 0) is 24.3 Å². The van der Waals surface area contributed by atoms with Crippen LogP contribution in [0.25, 0.3) is 0 Å². The van der Waals surface area contributed by atoms with Crippen LogP contribution >= 0.6 is 0 Å². The lowest BCUT2D eigenvalue weighted by Gasteiger charge is -2.20. The van der Waals surface area contributed by atoms with Gasteiger partial charge in [-0.15, -0.1) is 0 Å². The van der Waals surface area contributed by atoms with Gasteiger partial charge < -0.3 is 9.47 Å². The first-order valence-electron chi connectivity index (χ1n) is 9.61. The summed E-state index contributed by atoms with van der Waals surface area (Å²) in [5.74, 6) is -12.3. The lowest BCUT2D eigenvalue weighted by atomic mass is 10.2. The highest BCUT2D eigenvalue weighted by molar-refractivity contribution is 6.00. The van der Waals surface area contributed by atoms with E-state index in [-0.39, 0.29) is 5.69 Å². The third-order valence-electron chi connectivity index (χ3n) is 4.25. The van der Waals surface area contributed by atoms with Gasteiger partial charge in [0.25, 0.3) is 0 Å². The van der Waals surface area contributed by atoms with E-state index in [4.69, 9.17) is 0 Å². The summed E-state index contributed by atoms with van der Waals surface area (Å²) in [7, 11) is 1.07. The summed E-state index contributed by atoms with van der Waals surface area (Å²) in [5.41, 5.74) is -1.12. The molecule has 37 heavy (non-hydrogen) atoms. The molecule has 18 heteroatoms. The summed E-state index contributed by atoms with van der Waals surface area (Å²) in [4.78, 5) is 20.0. The molecule has 2 rings (SSSR count). The smallest absolute Gasteiger partial charge is 0.416 e. The Morgan fingerprint density at radius 1 is 0.865 bits per heavy atom. The van der Waals surface area contributed by atoms with E-state index in [1.165, 1.54) is 0 Å². The summed E-state index contributed by atoms with van der Waals surface area (Å²) < 4.78 is 149. The number of hydrogen-bond acceptors (Lipinski definition) is 5. The third kappa shape index (κ3) is 8.21. The topological polar surface area (TPSA) is 76.6 Å². The molecule has 0 saturated carbocycles. The summed E-state index contributed by atoms with van der Waals surface area (Å²) in [6, 6.07) is 2.40. The van der Waals surface area contributed by atoms with Gasteiger partial charge >= 0.3 is 36.9 Å². The molecule has 0 fully saturated rings. The summed E-state index contributed by atoms with van der Waals surface area (Å²) in [6.45, 7) is -3.93. The Kier molecular flexibility index (Phi) is 8.97. The van der Waals surface area contributed by atoms with E-state index in [1.54, 1.807) is 0 Å². The predicted molar refractivity (Wildman–Crippen MR) is 104 cm³/mol. The van der Waals surface area contributed by atoms with Gasteiger partial charge in [0.15, 0.2) is 13.2 Å². The molecule has 0 aliphatic carbocycles. The molecule has 0 aliphatic rings. The van der Waals surface area contributed by atoms with Gasteiger partial charge in [0, 0.05) is 12.7 Å². The minimum absolute atomic E-state index is 0.0949. The van der Waals surface area contributed by atoms with Crippen molar-refractivity contribution in [2.45, 2.75) is 30.9 Å². The molecule has 206 valence electrons. The van der Waals surface area contributed by atoms with Gasteiger partial charge in [-0.2, -0.15) is 40.7 Å². The predicted octanol–water partition coefficient (Wildman–Crippen LogP) is 5.72. The quantitative estimate of drug-likeness (QED) is 0.379. The van der Waals surface area contributed by atoms with Gasteiger partial charge in [0.05, 0.1) is 11.6 Å². The summed E-state index contributed by atoms with van der Waals surface area (Å²) in [6.07, 6.45) is -13.0. The van der Waals surface area contributed by atoms with Gasteiger partial charge in [-0.25, -0.2) is 22.4 Å². The molecule has 0 unspecified atom stereocenters. The van der Waals surface area contributed by atoms with E-state index in [2.05, 4.69) is 19.4 Å². The van der Waals surface area contributed by atoms with Crippen molar-refractivity contribution in [3.63, 3.8) is 0 Å². The number of ether oxygens (including phenoxy) is 2. The second-order valence-corrected chi connectivity index (χ2v) is 7.10. The number of nitrogens with zero attached hydrogens (tertiary/aromatic N) is 3. The number of anilines is 2. The third-order valence-corrected chi connectivity index (χ3v) is 4.25. The first-order chi connectivity index (χ1) is 16.9. The Labute approximate surface area is 200 Å². The zero-order chi connectivity index (χ0) is 28.2. The number of carbonyl (C=O) groups is 1. The maximum atomic E-state index is 13.2. The maximum Gasteiger partial charge on any atom is 0.416 e. The Morgan fingerprint density at radius 2 is 1.30 bits per heavy atom. The highest BCUT2D eigenvalue weighted by Gasteiger charge is 2.43. The Hall–Kier alpha value is -3.60. The van der Waals surface area contributed by atoms with Crippen LogP contribution < -0.4 is 19.7 Å². The molecule has 0 bridgehead atoms. The molecule has 7 nitrogen and oxygen atoms in total. The molecule has 1 heterocycles. The van der Waals surface area contributed by atoms with Gasteiger partial charge in [-0.1, -0.05) is 0 Å². The van der Waals surface area contributed by atoms with E-state index >= 15 is 0 Å². The number of alkyl halides is 11. The molecular formula is C19H15F11N4O3. The number of nitrogens with one attached hydrogen (secondary N) is 1. The van der Waals surface area contributed by atoms with Gasteiger partial charge in [0.1, 0.15) is 0 Å². The molecule has 1 N–H and O–H groups in total. The number of aromatic nitrogens is 2. The lowest BCUT2D eigenvalue weighted by Crippen LogP contribution is -2.35. The molecule has 1 aromatic carbocycles. The van der Waals surface area contributed by atoms with Crippen molar-refractivity contribution in [3.8, 4) is 11.8 Å². The molecule has 0 radical (unpaired) electrons. The van der Waals surface area contributed by atoms with Crippen molar-refractivity contribution in [1.29, 1.82) is 0 Å². The lowest BCUT2D eigenvalue weighted by molar-refractivity contribution is -0.149. The monoisotopic (exact) mass is 556 g/mol. The molecule has 0 saturated heterocycles. The minimum Gasteiger partial charge on any atom is -0.471 e. The fraction of sp³-hybridized carbons (Fsp3) is 0.421. The highest BCUT2D eigenvalue weighted by Crippen LogP contribution is 2.31. The van der Waals surface area contributed by atoms with Crippen LogP contribution in [0.2, 0.25) is 0 Å². The average Bonchev–Trinajstić information content (AvgIpc) is 2.80. The average molecular weight is 556 g/mol. The number of hydrogen-bond donors (Lipinski definition) is 1. The van der Waals surface area contributed by atoms with Crippen LogP contribution in [0.15, 0.2) is 30.3 Å². The number of amides is 2. The van der Waals surface area contributed by atoms with Crippen molar-refractivity contribution in [1.82, 2.24) is 9.97 Å². The van der Waals surface area contributed by atoms with Crippen LogP contribution in [0, 0.1) is 0 Å². The van der Waals surface area contributed by atoms with Crippen molar-refractivity contribution in [2.24, 2.45) is 0 Å². The van der Waals surface area contributed by atoms with Crippen LogP contribution in [0.3, 0.4) is 0 Å². The van der Waals surface area contributed by atoms with E-state index in [1.807, 2.05) is 5.32 Å². The van der Waals surface area contributed by atoms with Crippen LogP contribution in [0.4, 0.5) is 64.7 Å². The van der Waals surface area contributed by atoms with E-state index in [9.17, 15) is 53.1 Å². The van der Waals surface area contributed by atoms with E-state index < -0.39 is 73.4 Å². The summed E-state index contributed by atoms with van der Waals surface area (Å²) in [5, 5.41) is 1.92. The van der Waals surface area contributed by atoms with E-state index in [0.717, 1.165) is 24.1 Å². The Morgan fingerprint density at radius 3 is 1.68 bits per heavy atom. The molecular weight excluding hydrogens is 541 g/mol. The SMILES string of the molecule is CN(C(=O)Nc1nc(OCC(F)(F)C(F)F)cc(OCC(F)(F)C(F)F)n1)c1ccc(C(F)(F)F)cc1. The number of halogens is 11. The molecule has 0 aliphatic heterocycles. The fourth-order valence-corrected chi connectivity index (χ4v) is 2.24. The van der Waals surface area contributed by atoms with Crippen molar-refractivity contribution in [3.05, 3.63) is 35.9 Å². The highest BCUT2D eigenvalue weighted by atomic mass is 19.4. The van der Waals surface area contributed by atoms with Crippen molar-refractivity contribution >= 4 is 17.7 Å². The van der Waals surface area contributed by atoms with Gasteiger partial charge in [-0.3, -0.25) is 10.2 Å². The second-order valence-electron chi connectivity index (χ2n) is 7.10. The Bertz CT molecular complexity index is 1020. The van der Waals surface area contributed by atoms with Crippen molar-refractivity contribution < 1.29 is 62.6 Å². The molecule has 2 amide bonds. The number of rotatable bonds is 10. The van der Waals surface area contributed by atoms with Crippen LogP contribution in [0.5, 0.6) is 11.8 Å². The molecule has 0 atom stereocenters. The van der Waals surface area contributed by atoms with Crippen LogP contribution in [0.1, 0.15) is 5.56 Å². The zero-order valence-corrected chi connectivity index (χ0v) is 18.2. The van der Waals surface area contributed by atoms with Crippen LogP contribution in [-0.2, 0) is 6.18 Å². The molecule has 0 spiro atoms. The first kappa shape index (κ1) is 29.6. The molecule has 1 aromatic heterocycles. The van der Waals surface area contributed by atoms with Gasteiger partial charge in [0.2, 0.25) is 17.7 Å². The standard InChI is InChI=1S/C19H15F11N4O3/c1-34(10-4-2-9(3-5-10)19(28,29)30)16(35)33-15-31-11(36-7-17(24,25)13(20)21)6-12(32-15)37-8-18(26,27)14(22)23/h2-6,13-14H,7-8H2,1H3,(H,31,32,33,35). The van der Waals surface area contributed by atoms with Crippen LogP contribution in [-0.4, -0.2) is 61.0 Å². The number of urea groups is 1. The number of carbonyl (C=O) groups excluding carboxylic acids is 1. The minimum atomic E-state index is -4.68. The van der Waals surface area contributed by atoms with Crippen molar-refractivity contribution in [2.75, 3.05) is 30.5 Å². The molecule has 2 aromatic rings. The summed E-state index contributed by atoms with van der Waals surface area (Å²) >= 11 is 0. The number of benzene rings is 1. The Balaban J connectivity index is 2.26. The normalized spacial score (nSPS) is 12.6. The van der Waals surface area contributed by atoms with E-state index in [0.29, 0.717) is 18.2 Å². The largest absolute Gasteiger partial charge is 0.471 e. The first-order valence-corrected chi connectivity index (χ1v) is 9.61. The fourth-order valence-electron chi connectivity index (χ4n) is 2.24. The zero-order valence-electron chi connectivity index (χ0n) is 18.2. The maximum absolute atomic E-state index is 13.2.